The van der Waals surface area contributed by atoms with Crippen molar-refractivity contribution in [2.75, 3.05) is 20.3 Å². The van der Waals surface area contributed by atoms with Crippen LogP contribution in [0.2, 0.25) is 0 Å². The molecule has 0 atom stereocenters. The molecule has 0 aliphatic carbocycles. The minimum Gasteiger partial charge on any atom is -0.497 e. The Morgan fingerprint density at radius 3 is 2.33 bits per heavy atom. The molecule has 1 aliphatic heterocycles. The van der Waals surface area contributed by atoms with Gasteiger partial charge in [-0.3, -0.25) is 0 Å². The average Bonchev–Trinajstić information content (AvgIpc) is 2.60. The predicted octanol–water partition coefficient (Wildman–Crippen LogP) is 2.25. The Hall–Kier alpha value is -2.25. The van der Waals surface area contributed by atoms with Crippen molar-refractivity contribution in [3.05, 3.63) is 47.5 Å². The molecule has 3 rings (SSSR count). The van der Waals surface area contributed by atoms with Gasteiger partial charge in [-0.25, -0.2) is 13.1 Å². The van der Waals surface area contributed by atoms with Gasteiger partial charge in [0.1, 0.15) is 19.0 Å². The van der Waals surface area contributed by atoms with Crippen molar-refractivity contribution in [3.8, 4) is 17.2 Å². The van der Waals surface area contributed by atoms with Gasteiger partial charge in [-0.05, 0) is 54.4 Å². The molecule has 0 spiro atoms. The Morgan fingerprint density at radius 2 is 1.71 bits per heavy atom. The van der Waals surface area contributed by atoms with Gasteiger partial charge in [0.15, 0.2) is 11.5 Å². The number of methoxy groups -OCH3 is 1. The van der Waals surface area contributed by atoms with E-state index >= 15 is 0 Å². The minimum atomic E-state index is -3.60. The molecule has 0 amide bonds. The van der Waals surface area contributed by atoms with Gasteiger partial charge in [0.05, 0.1) is 12.0 Å². The van der Waals surface area contributed by atoms with Crippen LogP contribution in [0.1, 0.15) is 11.1 Å². The summed E-state index contributed by atoms with van der Waals surface area (Å²) < 4.78 is 43.5. The molecular formula is C17H19NO5S. The van der Waals surface area contributed by atoms with Gasteiger partial charge in [0.2, 0.25) is 10.0 Å². The molecule has 0 aromatic heterocycles. The zero-order chi connectivity index (χ0) is 17.2. The molecule has 0 radical (unpaired) electrons. The van der Waals surface area contributed by atoms with E-state index in [4.69, 9.17) is 14.2 Å². The van der Waals surface area contributed by atoms with Crippen molar-refractivity contribution in [1.29, 1.82) is 0 Å². The second kappa shape index (κ2) is 6.70. The summed E-state index contributed by atoms with van der Waals surface area (Å²) in [5, 5.41) is 0. The Morgan fingerprint density at radius 1 is 1.08 bits per heavy atom. The Labute approximate surface area is 141 Å². The monoisotopic (exact) mass is 349 g/mol. The molecule has 0 saturated heterocycles. The van der Waals surface area contributed by atoms with Crippen LogP contribution in [0, 0.1) is 6.92 Å². The molecule has 2 aromatic carbocycles. The number of nitrogens with one attached hydrogen (secondary N) is 1. The smallest absolute Gasteiger partial charge is 0.240 e. The zero-order valence-electron chi connectivity index (χ0n) is 13.5. The third-order valence-corrected chi connectivity index (χ3v) is 5.24. The molecule has 128 valence electrons. The van der Waals surface area contributed by atoms with E-state index < -0.39 is 10.0 Å². The average molecular weight is 349 g/mol. The van der Waals surface area contributed by atoms with Crippen molar-refractivity contribution in [2.45, 2.75) is 18.4 Å². The van der Waals surface area contributed by atoms with Crippen LogP contribution in [-0.4, -0.2) is 28.7 Å². The number of rotatable bonds is 5. The van der Waals surface area contributed by atoms with Gasteiger partial charge in [-0.15, -0.1) is 0 Å². The number of sulfonamides is 1. The van der Waals surface area contributed by atoms with Crippen molar-refractivity contribution in [1.82, 2.24) is 4.72 Å². The first-order valence-electron chi connectivity index (χ1n) is 7.52. The molecule has 2 aromatic rings. The van der Waals surface area contributed by atoms with Gasteiger partial charge >= 0.3 is 0 Å². The van der Waals surface area contributed by atoms with Gasteiger partial charge in [0.25, 0.3) is 0 Å². The van der Waals surface area contributed by atoms with E-state index in [1.165, 1.54) is 19.2 Å². The number of aryl methyl sites for hydroxylation is 1. The maximum atomic E-state index is 12.4. The fraction of sp³-hybridized carbons (Fsp3) is 0.294. The second-order valence-corrected chi connectivity index (χ2v) is 7.19. The molecule has 1 aliphatic rings. The molecule has 0 saturated carbocycles. The van der Waals surface area contributed by atoms with Gasteiger partial charge in [-0.1, -0.05) is 0 Å². The maximum Gasteiger partial charge on any atom is 0.240 e. The summed E-state index contributed by atoms with van der Waals surface area (Å²) in [5.74, 6) is 1.95. The van der Waals surface area contributed by atoms with Crippen LogP contribution in [0.4, 0.5) is 0 Å². The summed E-state index contributed by atoms with van der Waals surface area (Å²) in [4.78, 5) is 0.193. The molecular weight excluding hydrogens is 330 g/mol. The molecule has 1 heterocycles. The van der Waals surface area contributed by atoms with E-state index in [0.29, 0.717) is 30.5 Å². The van der Waals surface area contributed by atoms with Crippen molar-refractivity contribution in [2.24, 2.45) is 0 Å². The van der Waals surface area contributed by atoms with E-state index in [1.807, 2.05) is 19.1 Å². The van der Waals surface area contributed by atoms with E-state index in [0.717, 1.165) is 11.1 Å². The first kappa shape index (κ1) is 16.6. The quantitative estimate of drug-likeness (QED) is 0.896. The van der Waals surface area contributed by atoms with E-state index in [2.05, 4.69) is 4.72 Å². The molecule has 0 unspecified atom stereocenters. The maximum absolute atomic E-state index is 12.4. The molecule has 24 heavy (non-hydrogen) atoms. The van der Waals surface area contributed by atoms with Crippen LogP contribution in [0.15, 0.2) is 41.3 Å². The fourth-order valence-electron chi connectivity index (χ4n) is 2.43. The lowest BCUT2D eigenvalue weighted by Crippen LogP contribution is -2.24. The minimum absolute atomic E-state index is 0.177. The van der Waals surface area contributed by atoms with Crippen LogP contribution in [-0.2, 0) is 16.6 Å². The number of fused-ring (bicyclic) bond motifs is 1. The lowest BCUT2D eigenvalue weighted by molar-refractivity contribution is 0.171. The Balaban J connectivity index is 1.76. The fourth-order valence-corrected chi connectivity index (χ4v) is 3.44. The summed E-state index contributed by atoms with van der Waals surface area (Å²) in [6.07, 6.45) is 0. The first-order chi connectivity index (χ1) is 11.5. The predicted molar refractivity (Wildman–Crippen MR) is 89.2 cm³/mol. The van der Waals surface area contributed by atoms with Crippen molar-refractivity contribution in [3.63, 3.8) is 0 Å². The number of hydrogen-bond donors (Lipinski definition) is 1. The van der Waals surface area contributed by atoms with E-state index in [9.17, 15) is 8.42 Å². The summed E-state index contributed by atoms with van der Waals surface area (Å²) in [7, 11) is -2.06. The SMILES string of the molecule is COc1ccc(S(=O)(=O)NCc2cc3c(cc2C)OCCO3)cc1. The van der Waals surface area contributed by atoms with Crippen LogP contribution >= 0.6 is 0 Å². The van der Waals surface area contributed by atoms with Crippen molar-refractivity contribution < 1.29 is 22.6 Å². The first-order valence-corrected chi connectivity index (χ1v) is 9.01. The van der Waals surface area contributed by atoms with E-state index in [1.54, 1.807) is 12.1 Å². The number of hydrogen-bond acceptors (Lipinski definition) is 5. The standard InChI is InChI=1S/C17H19NO5S/c1-12-9-16-17(23-8-7-22-16)10-13(12)11-18-24(19,20)15-5-3-14(21-2)4-6-15/h3-6,9-10,18H,7-8,11H2,1-2H3. The molecule has 0 fully saturated rings. The van der Waals surface area contributed by atoms with Crippen LogP contribution in [0.5, 0.6) is 17.2 Å². The highest BCUT2D eigenvalue weighted by Crippen LogP contribution is 2.33. The summed E-state index contributed by atoms with van der Waals surface area (Å²) in [5.41, 5.74) is 1.79. The Kier molecular flexibility index (Phi) is 4.64. The second-order valence-electron chi connectivity index (χ2n) is 5.42. The van der Waals surface area contributed by atoms with E-state index in [-0.39, 0.29) is 11.4 Å². The summed E-state index contributed by atoms with van der Waals surface area (Å²) >= 11 is 0. The molecule has 6 nitrogen and oxygen atoms in total. The highest BCUT2D eigenvalue weighted by atomic mass is 32.2. The Bertz CT molecular complexity index is 831. The van der Waals surface area contributed by atoms with Crippen LogP contribution < -0.4 is 18.9 Å². The lowest BCUT2D eigenvalue weighted by Gasteiger charge is -2.20. The van der Waals surface area contributed by atoms with Gasteiger partial charge in [-0.2, -0.15) is 0 Å². The zero-order valence-corrected chi connectivity index (χ0v) is 14.4. The van der Waals surface area contributed by atoms with Crippen LogP contribution in [0.3, 0.4) is 0 Å². The lowest BCUT2D eigenvalue weighted by atomic mass is 10.1. The number of ether oxygens (including phenoxy) is 3. The third kappa shape index (κ3) is 3.47. The third-order valence-electron chi connectivity index (χ3n) is 3.82. The summed E-state index contributed by atoms with van der Waals surface area (Å²) in [6, 6.07) is 9.94. The molecule has 1 N–H and O–H groups in total. The highest BCUT2D eigenvalue weighted by molar-refractivity contribution is 7.89. The molecule has 0 bridgehead atoms. The normalized spacial score (nSPS) is 13.6. The van der Waals surface area contributed by atoms with Gasteiger partial charge in [0, 0.05) is 6.54 Å². The van der Waals surface area contributed by atoms with Crippen LogP contribution in [0.25, 0.3) is 0 Å². The van der Waals surface area contributed by atoms with Gasteiger partial charge < -0.3 is 14.2 Å². The largest absolute Gasteiger partial charge is 0.497 e. The molecule has 7 heteroatoms. The number of benzene rings is 2. The topological polar surface area (TPSA) is 73.9 Å². The van der Waals surface area contributed by atoms with Crippen molar-refractivity contribution >= 4 is 10.0 Å². The summed E-state index contributed by atoms with van der Waals surface area (Å²) in [6.45, 7) is 3.11. The highest BCUT2D eigenvalue weighted by Gasteiger charge is 2.17.